The summed E-state index contributed by atoms with van der Waals surface area (Å²) in [5, 5.41) is 3.28. The van der Waals surface area contributed by atoms with Gasteiger partial charge in [0.1, 0.15) is 0 Å². The molecule has 0 unspecified atom stereocenters. The van der Waals surface area contributed by atoms with Crippen LogP contribution < -0.4 is 5.32 Å². The number of hydrogen-bond acceptors (Lipinski definition) is 2. The SMILES string of the molecule is ClCc1cccc(Nc2ccncc2)c1. The van der Waals surface area contributed by atoms with Crippen LogP contribution in [0.1, 0.15) is 5.56 Å². The fourth-order valence-electron chi connectivity index (χ4n) is 1.33. The molecule has 0 saturated carbocycles. The molecule has 0 radical (unpaired) electrons. The fraction of sp³-hybridized carbons (Fsp3) is 0.0833. The summed E-state index contributed by atoms with van der Waals surface area (Å²) in [6.07, 6.45) is 3.52. The second-order valence-electron chi connectivity index (χ2n) is 3.19. The molecule has 15 heavy (non-hydrogen) atoms. The monoisotopic (exact) mass is 218 g/mol. The van der Waals surface area contributed by atoms with E-state index in [1.54, 1.807) is 12.4 Å². The Morgan fingerprint density at radius 3 is 2.60 bits per heavy atom. The van der Waals surface area contributed by atoms with E-state index in [4.69, 9.17) is 11.6 Å². The van der Waals surface area contributed by atoms with Gasteiger partial charge < -0.3 is 5.32 Å². The lowest BCUT2D eigenvalue weighted by molar-refractivity contribution is 1.32. The Labute approximate surface area is 93.9 Å². The van der Waals surface area contributed by atoms with Crippen LogP contribution in [0.15, 0.2) is 48.8 Å². The molecular weight excluding hydrogens is 208 g/mol. The van der Waals surface area contributed by atoms with Gasteiger partial charge in [-0.2, -0.15) is 0 Å². The lowest BCUT2D eigenvalue weighted by atomic mass is 10.2. The van der Waals surface area contributed by atoms with Gasteiger partial charge in [-0.25, -0.2) is 0 Å². The Morgan fingerprint density at radius 1 is 1.07 bits per heavy atom. The third-order valence-corrected chi connectivity index (χ3v) is 2.36. The van der Waals surface area contributed by atoms with Gasteiger partial charge in [0.05, 0.1) is 0 Å². The molecule has 0 aliphatic heterocycles. The molecule has 76 valence electrons. The zero-order valence-corrected chi connectivity index (χ0v) is 8.91. The molecule has 1 aromatic carbocycles. The highest BCUT2D eigenvalue weighted by atomic mass is 35.5. The lowest BCUT2D eigenvalue weighted by Crippen LogP contribution is -1.90. The van der Waals surface area contributed by atoms with Gasteiger partial charge in [-0.3, -0.25) is 4.98 Å². The molecule has 2 nitrogen and oxygen atoms in total. The van der Waals surface area contributed by atoms with Crippen LogP contribution in [-0.4, -0.2) is 4.98 Å². The molecule has 0 bridgehead atoms. The number of halogens is 1. The average Bonchev–Trinajstić information content (AvgIpc) is 2.31. The van der Waals surface area contributed by atoms with Crippen molar-refractivity contribution in [3.05, 3.63) is 54.4 Å². The molecule has 1 N–H and O–H groups in total. The largest absolute Gasteiger partial charge is 0.355 e. The fourth-order valence-corrected chi connectivity index (χ4v) is 1.50. The van der Waals surface area contributed by atoms with Crippen LogP contribution in [0.3, 0.4) is 0 Å². The Bertz CT molecular complexity index is 429. The second-order valence-corrected chi connectivity index (χ2v) is 3.46. The van der Waals surface area contributed by atoms with Crippen LogP contribution in [0.2, 0.25) is 0 Å². The average molecular weight is 219 g/mol. The third kappa shape index (κ3) is 2.70. The maximum Gasteiger partial charge on any atom is 0.0474 e. The Hall–Kier alpha value is -1.54. The highest BCUT2D eigenvalue weighted by Gasteiger charge is 1.95. The van der Waals surface area contributed by atoms with Crippen LogP contribution in [0, 0.1) is 0 Å². The van der Waals surface area contributed by atoms with E-state index < -0.39 is 0 Å². The van der Waals surface area contributed by atoms with Crippen molar-refractivity contribution in [2.45, 2.75) is 5.88 Å². The minimum absolute atomic E-state index is 0.534. The molecule has 2 rings (SSSR count). The number of alkyl halides is 1. The van der Waals surface area contributed by atoms with E-state index in [1.165, 1.54) is 0 Å². The first kappa shape index (κ1) is 9.99. The number of anilines is 2. The van der Waals surface area contributed by atoms with E-state index >= 15 is 0 Å². The molecule has 0 fully saturated rings. The molecule has 0 spiro atoms. The summed E-state index contributed by atoms with van der Waals surface area (Å²) in [6, 6.07) is 11.9. The minimum Gasteiger partial charge on any atom is -0.355 e. The Kier molecular flexibility index (Phi) is 3.20. The molecule has 1 heterocycles. The first-order valence-corrected chi connectivity index (χ1v) is 5.24. The summed E-state index contributed by atoms with van der Waals surface area (Å²) in [5.74, 6) is 0.534. The van der Waals surface area contributed by atoms with Gasteiger partial charge in [0.25, 0.3) is 0 Å². The van der Waals surface area contributed by atoms with Crippen LogP contribution in [-0.2, 0) is 5.88 Å². The topological polar surface area (TPSA) is 24.9 Å². The molecule has 0 aliphatic rings. The van der Waals surface area contributed by atoms with Crippen molar-refractivity contribution >= 4 is 23.0 Å². The summed E-state index contributed by atoms with van der Waals surface area (Å²) < 4.78 is 0. The molecule has 0 amide bonds. The van der Waals surface area contributed by atoms with Crippen LogP contribution in [0.4, 0.5) is 11.4 Å². The van der Waals surface area contributed by atoms with Gasteiger partial charge in [0.2, 0.25) is 0 Å². The van der Waals surface area contributed by atoms with E-state index in [-0.39, 0.29) is 0 Å². The first-order chi connectivity index (χ1) is 7.38. The molecule has 0 saturated heterocycles. The summed E-state index contributed by atoms with van der Waals surface area (Å²) in [4.78, 5) is 3.96. The smallest absolute Gasteiger partial charge is 0.0474 e. The number of benzene rings is 1. The van der Waals surface area contributed by atoms with Crippen LogP contribution in [0.25, 0.3) is 0 Å². The maximum atomic E-state index is 5.76. The quantitative estimate of drug-likeness (QED) is 0.797. The van der Waals surface area contributed by atoms with Crippen molar-refractivity contribution < 1.29 is 0 Å². The van der Waals surface area contributed by atoms with Crippen molar-refractivity contribution in [1.82, 2.24) is 4.98 Å². The van der Waals surface area contributed by atoms with Crippen molar-refractivity contribution in [2.75, 3.05) is 5.32 Å². The number of hydrogen-bond donors (Lipinski definition) is 1. The zero-order chi connectivity index (χ0) is 10.5. The predicted molar refractivity (Wildman–Crippen MR) is 63.5 cm³/mol. The lowest BCUT2D eigenvalue weighted by Gasteiger charge is -2.06. The summed E-state index contributed by atoms with van der Waals surface area (Å²) in [5.41, 5.74) is 3.17. The van der Waals surface area contributed by atoms with Gasteiger partial charge in [-0.1, -0.05) is 12.1 Å². The number of pyridine rings is 1. The van der Waals surface area contributed by atoms with Gasteiger partial charge >= 0.3 is 0 Å². The molecule has 0 aliphatic carbocycles. The van der Waals surface area contributed by atoms with Crippen molar-refractivity contribution in [3.8, 4) is 0 Å². The van der Waals surface area contributed by atoms with Gasteiger partial charge in [0, 0.05) is 29.6 Å². The van der Waals surface area contributed by atoms with E-state index in [0.29, 0.717) is 5.88 Å². The number of nitrogens with one attached hydrogen (secondary N) is 1. The van der Waals surface area contributed by atoms with Crippen LogP contribution in [0.5, 0.6) is 0 Å². The Balaban J connectivity index is 2.17. The molecular formula is C12H11ClN2. The molecule has 0 atom stereocenters. The molecule has 3 heteroatoms. The highest BCUT2D eigenvalue weighted by Crippen LogP contribution is 2.17. The molecule has 2 aromatic rings. The first-order valence-electron chi connectivity index (χ1n) is 4.70. The Morgan fingerprint density at radius 2 is 1.87 bits per heavy atom. The number of nitrogens with zero attached hydrogens (tertiary/aromatic N) is 1. The van der Waals surface area contributed by atoms with Crippen molar-refractivity contribution in [2.24, 2.45) is 0 Å². The standard InChI is InChI=1S/C12H11ClN2/c13-9-10-2-1-3-12(8-10)15-11-4-6-14-7-5-11/h1-8H,9H2,(H,14,15). The number of aromatic nitrogens is 1. The second kappa shape index (κ2) is 4.80. The highest BCUT2D eigenvalue weighted by molar-refractivity contribution is 6.17. The van der Waals surface area contributed by atoms with E-state index in [1.807, 2.05) is 36.4 Å². The summed E-state index contributed by atoms with van der Waals surface area (Å²) in [6.45, 7) is 0. The van der Waals surface area contributed by atoms with Gasteiger partial charge in [-0.05, 0) is 29.8 Å². The van der Waals surface area contributed by atoms with E-state index in [9.17, 15) is 0 Å². The van der Waals surface area contributed by atoms with Gasteiger partial charge in [-0.15, -0.1) is 11.6 Å². The normalized spacial score (nSPS) is 9.93. The third-order valence-electron chi connectivity index (χ3n) is 2.05. The van der Waals surface area contributed by atoms with Crippen molar-refractivity contribution in [3.63, 3.8) is 0 Å². The molecule has 1 aromatic heterocycles. The van der Waals surface area contributed by atoms with Crippen molar-refractivity contribution in [1.29, 1.82) is 0 Å². The zero-order valence-electron chi connectivity index (χ0n) is 8.15. The van der Waals surface area contributed by atoms with E-state index in [0.717, 1.165) is 16.9 Å². The van der Waals surface area contributed by atoms with E-state index in [2.05, 4.69) is 10.3 Å². The maximum absolute atomic E-state index is 5.76. The minimum atomic E-state index is 0.534. The summed E-state index contributed by atoms with van der Waals surface area (Å²) >= 11 is 5.76. The summed E-state index contributed by atoms with van der Waals surface area (Å²) in [7, 11) is 0. The van der Waals surface area contributed by atoms with Crippen LogP contribution >= 0.6 is 11.6 Å². The van der Waals surface area contributed by atoms with Gasteiger partial charge in [0.15, 0.2) is 0 Å². The predicted octanol–water partition coefficient (Wildman–Crippen LogP) is 3.56. The number of rotatable bonds is 3.